The van der Waals surface area contributed by atoms with Gasteiger partial charge in [0, 0.05) is 12.6 Å². The largest absolute Gasteiger partial charge is 0.329 e. The molecule has 3 N–H and O–H groups in total. The van der Waals surface area contributed by atoms with Crippen molar-refractivity contribution in [2.24, 2.45) is 5.73 Å². The average Bonchev–Trinajstić information content (AvgIpc) is 1.98. The van der Waals surface area contributed by atoms with Gasteiger partial charge in [0.1, 0.15) is 0 Å². The van der Waals surface area contributed by atoms with E-state index < -0.39 is 0 Å². The van der Waals surface area contributed by atoms with E-state index in [1.54, 1.807) is 0 Å². The van der Waals surface area contributed by atoms with Gasteiger partial charge >= 0.3 is 0 Å². The van der Waals surface area contributed by atoms with Crippen LogP contribution in [0.2, 0.25) is 0 Å². The monoisotopic (exact) mass is 162 g/mol. The molecule has 0 amide bonds. The highest BCUT2D eigenvalue weighted by Crippen LogP contribution is 1.93. The maximum atomic E-state index is 5.42. The molecule has 0 radical (unpaired) electrons. The van der Waals surface area contributed by atoms with Gasteiger partial charge in [-0.15, -0.1) is 0 Å². The van der Waals surface area contributed by atoms with Gasteiger partial charge in [0.2, 0.25) is 0 Å². The van der Waals surface area contributed by atoms with Crippen molar-refractivity contribution in [2.45, 2.75) is 19.4 Å². The molecule has 0 saturated heterocycles. The number of nitrogens with two attached hydrogens (primary N) is 1. The molecule has 0 spiro atoms. The van der Waals surface area contributed by atoms with E-state index in [1.807, 2.05) is 11.8 Å². The number of hydrogen-bond acceptors (Lipinski definition) is 3. The summed E-state index contributed by atoms with van der Waals surface area (Å²) in [5.74, 6) is 1.24. The van der Waals surface area contributed by atoms with Crippen LogP contribution in [0, 0.1) is 0 Å². The summed E-state index contributed by atoms with van der Waals surface area (Å²) in [5, 5.41) is 3.33. The molecule has 0 aliphatic heterocycles. The minimum absolute atomic E-state index is 0.474. The molecule has 0 unspecified atom stereocenters. The highest BCUT2D eigenvalue weighted by molar-refractivity contribution is 7.98. The molecule has 2 nitrogen and oxygen atoms in total. The summed E-state index contributed by atoms with van der Waals surface area (Å²) >= 11 is 1.89. The van der Waals surface area contributed by atoms with Crippen LogP contribution in [0.3, 0.4) is 0 Å². The van der Waals surface area contributed by atoms with Crippen molar-refractivity contribution in [2.75, 3.05) is 25.1 Å². The van der Waals surface area contributed by atoms with Gasteiger partial charge in [0.15, 0.2) is 0 Å². The Morgan fingerprint density at radius 3 is 2.80 bits per heavy atom. The molecule has 0 rings (SSSR count). The van der Waals surface area contributed by atoms with Crippen molar-refractivity contribution >= 4 is 11.8 Å². The van der Waals surface area contributed by atoms with Gasteiger partial charge in [-0.2, -0.15) is 11.8 Å². The van der Waals surface area contributed by atoms with Gasteiger partial charge in [0.25, 0.3) is 0 Å². The Balaban J connectivity index is 2.89. The maximum absolute atomic E-state index is 5.42. The summed E-state index contributed by atoms with van der Waals surface area (Å²) in [6.07, 6.45) is 3.37. The average molecular weight is 162 g/mol. The fourth-order valence-corrected chi connectivity index (χ4v) is 1.08. The van der Waals surface area contributed by atoms with E-state index in [1.165, 1.54) is 12.2 Å². The summed E-state index contributed by atoms with van der Waals surface area (Å²) in [6.45, 7) is 3.94. The lowest BCUT2D eigenvalue weighted by atomic mass is 10.3. The van der Waals surface area contributed by atoms with E-state index in [0.29, 0.717) is 6.04 Å². The summed E-state index contributed by atoms with van der Waals surface area (Å²) in [4.78, 5) is 0. The van der Waals surface area contributed by atoms with E-state index in [4.69, 9.17) is 5.73 Å². The molecular weight excluding hydrogens is 144 g/mol. The Morgan fingerprint density at radius 2 is 2.30 bits per heavy atom. The number of hydrogen-bond donors (Lipinski definition) is 2. The predicted molar refractivity (Wildman–Crippen MR) is 49.5 cm³/mol. The van der Waals surface area contributed by atoms with E-state index in [0.717, 1.165) is 13.1 Å². The smallest absolute Gasteiger partial charge is 0.0161 e. The van der Waals surface area contributed by atoms with Gasteiger partial charge in [-0.25, -0.2) is 0 Å². The lowest BCUT2D eigenvalue weighted by Gasteiger charge is -2.09. The molecule has 62 valence electrons. The molecule has 0 aliphatic rings. The molecule has 0 aliphatic carbocycles. The molecule has 0 heterocycles. The summed E-state index contributed by atoms with van der Waals surface area (Å²) < 4.78 is 0. The molecule has 0 aromatic rings. The first-order valence-corrected chi connectivity index (χ1v) is 5.13. The minimum Gasteiger partial charge on any atom is -0.329 e. The fourth-order valence-electron chi connectivity index (χ4n) is 0.648. The Kier molecular flexibility index (Phi) is 7.58. The zero-order valence-electron chi connectivity index (χ0n) is 6.89. The van der Waals surface area contributed by atoms with Gasteiger partial charge in [0.05, 0.1) is 0 Å². The van der Waals surface area contributed by atoms with Crippen LogP contribution in [-0.2, 0) is 0 Å². The zero-order valence-corrected chi connectivity index (χ0v) is 7.71. The van der Waals surface area contributed by atoms with Crippen LogP contribution >= 0.6 is 11.8 Å². The van der Waals surface area contributed by atoms with Crippen LogP contribution in [0.15, 0.2) is 0 Å². The van der Waals surface area contributed by atoms with E-state index >= 15 is 0 Å². The Labute approximate surface area is 67.9 Å². The van der Waals surface area contributed by atoms with Crippen molar-refractivity contribution in [3.8, 4) is 0 Å². The lowest BCUT2D eigenvalue weighted by Crippen LogP contribution is -2.33. The Morgan fingerprint density at radius 1 is 1.60 bits per heavy atom. The molecule has 1 atom stereocenters. The van der Waals surface area contributed by atoms with Gasteiger partial charge in [-0.05, 0) is 31.9 Å². The molecule has 3 heteroatoms. The molecule has 0 bridgehead atoms. The summed E-state index contributed by atoms with van der Waals surface area (Å²) in [6, 6.07) is 0.474. The lowest BCUT2D eigenvalue weighted by molar-refractivity contribution is 0.555. The topological polar surface area (TPSA) is 38.0 Å². The highest BCUT2D eigenvalue weighted by Gasteiger charge is 1.94. The summed E-state index contributed by atoms with van der Waals surface area (Å²) in [5.41, 5.74) is 5.42. The van der Waals surface area contributed by atoms with Crippen molar-refractivity contribution in [1.82, 2.24) is 5.32 Å². The van der Waals surface area contributed by atoms with Crippen LogP contribution in [-0.4, -0.2) is 31.1 Å². The standard InChI is InChI=1S/C7H18N2S/c1-7(6-8)9-4-3-5-10-2/h7,9H,3-6,8H2,1-2H3/t7-/m1/s1. The SMILES string of the molecule is CSCCCN[C@H](C)CN. The third kappa shape index (κ3) is 6.39. The fraction of sp³-hybridized carbons (Fsp3) is 1.00. The van der Waals surface area contributed by atoms with E-state index in [-0.39, 0.29) is 0 Å². The normalized spacial score (nSPS) is 13.5. The Hall–Kier alpha value is 0.270. The maximum Gasteiger partial charge on any atom is 0.0161 e. The Bertz CT molecular complexity index is 68.6. The van der Waals surface area contributed by atoms with Crippen LogP contribution in [0.5, 0.6) is 0 Å². The van der Waals surface area contributed by atoms with Crippen LogP contribution in [0.4, 0.5) is 0 Å². The second-order valence-electron chi connectivity index (χ2n) is 2.44. The van der Waals surface area contributed by atoms with Crippen molar-refractivity contribution < 1.29 is 0 Å². The molecule has 0 aromatic heterocycles. The number of nitrogens with one attached hydrogen (secondary N) is 1. The van der Waals surface area contributed by atoms with Gasteiger partial charge in [-0.1, -0.05) is 0 Å². The predicted octanol–water partition coefficient (Wildman–Crippen LogP) is 0.676. The van der Waals surface area contributed by atoms with Gasteiger partial charge < -0.3 is 11.1 Å². The third-order valence-electron chi connectivity index (χ3n) is 1.37. The second-order valence-corrected chi connectivity index (χ2v) is 3.42. The molecule has 10 heavy (non-hydrogen) atoms. The first-order valence-electron chi connectivity index (χ1n) is 3.73. The first kappa shape index (κ1) is 10.3. The molecular formula is C7H18N2S. The number of thioether (sulfide) groups is 1. The highest BCUT2D eigenvalue weighted by atomic mass is 32.2. The van der Waals surface area contributed by atoms with Crippen LogP contribution < -0.4 is 11.1 Å². The second kappa shape index (κ2) is 7.38. The molecule has 0 saturated carbocycles. The minimum atomic E-state index is 0.474. The van der Waals surface area contributed by atoms with Crippen molar-refractivity contribution in [3.05, 3.63) is 0 Å². The van der Waals surface area contributed by atoms with E-state index in [2.05, 4.69) is 18.5 Å². The third-order valence-corrected chi connectivity index (χ3v) is 2.07. The number of rotatable bonds is 6. The zero-order chi connectivity index (χ0) is 7.82. The van der Waals surface area contributed by atoms with Crippen molar-refractivity contribution in [1.29, 1.82) is 0 Å². The van der Waals surface area contributed by atoms with E-state index in [9.17, 15) is 0 Å². The van der Waals surface area contributed by atoms with Gasteiger partial charge in [-0.3, -0.25) is 0 Å². The quantitative estimate of drug-likeness (QED) is 0.564. The van der Waals surface area contributed by atoms with Crippen molar-refractivity contribution in [3.63, 3.8) is 0 Å². The van der Waals surface area contributed by atoms with Crippen LogP contribution in [0.25, 0.3) is 0 Å². The molecule has 0 aromatic carbocycles. The molecule has 0 fully saturated rings. The summed E-state index contributed by atoms with van der Waals surface area (Å²) in [7, 11) is 0. The van der Waals surface area contributed by atoms with Crippen LogP contribution in [0.1, 0.15) is 13.3 Å². The first-order chi connectivity index (χ1) is 4.81.